The van der Waals surface area contributed by atoms with Gasteiger partial charge in [-0.2, -0.15) is 0 Å². The van der Waals surface area contributed by atoms with E-state index in [0.717, 1.165) is 0 Å². The molecule has 0 spiro atoms. The summed E-state index contributed by atoms with van der Waals surface area (Å²) in [6.45, 7) is 9.72. The Morgan fingerprint density at radius 3 is 1.07 bits per heavy atom. The fourth-order valence-electron chi connectivity index (χ4n) is 10.3. The summed E-state index contributed by atoms with van der Waals surface area (Å²) >= 11 is 0. The minimum absolute atomic E-state index is 0.238. The van der Waals surface area contributed by atoms with Crippen molar-refractivity contribution in [3.63, 3.8) is 0 Å². The number of fused-ring (bicyclic) bond motifs is 5. The van der Waals surface area contributed by atoms with Crippen LogP contribution in [0.1, 0.15) is 72.2 Å². The molecule has 4 aliphatic heterocycles. The fourth-order valence-corrected chi connectivity index (χ4v) is 10.3. The topological polar surface area (TPSA) is 11.4 Å². The molecular weight excluding hydrogens is 667 g/mol. The van der Waals surface area contributed by atoms with Gasteiger partial charge in [-0.3, -0.25) is 0 Å². The molecule has 3 heteroatoms. The van der Waals surface area contributed by atoms with Gasteiger partial charge in [0.15, 0.2) is 0 Å². The average Bonchev–Trinajstić information content (AvgIpc) is 3.32. The molecule has 0 fully saturated rings. The Morgan fingerprint density at radius 2 is 0.709 bits per heavy atom. The van der Waals surface area contributed by atoms with Crippen molar-refractivity contribution in [2.24, 2.45) is 0 Å². The number of hydrogen-bond donors (Lipinski definition) is 0. The molecule has 3 nitrogen and oxygen atoms in total. The van der Waals surface area contributed by atoms with Crippen molar-refractivity contribution >= 4 is 80.2 Å². The van der Waals surface area contributed by atoms with Crippen molar-refractivity contribution < 1.29 is 0 Å². The Morgan fingerprint density at radius 1 is 0.364 bits per heavy atom. The molecule has 0 saturated heterocycles. The molecule has 55 heavy (non-hydrogen) atoms. The van der Waals surface area contributed by atoms with Gasteiger partial charge >= 0.3 is 0 Å². The second kappa shape index (κ2) is 10.5. The van der Waals surface area contributed by atoms with Crippen LogP contribution in [0.15, 0.2) is 140 Å². The first kappa shape index (κ1) is 30.8. The second-order valence-electron chi connectivity index (χ2n) is 16.6. The van der Waals surface area contributed by atoms with Gasteiger partial charge in [-0.1, -0.05) is 143 Å². The van der Waals surface area contributed by atoms with Gasteiger partial charge in [-0.05, 0) is 93.0 Å². The largest absolute Gasteiger partial charge is 0.309 e. The van der Waals surface area contributed by atoms with Crippen molar-refractivity contribution in [2.75, 3.05) is 9.80 Å². The zero-order chi connectivity index (χ0) is 36.8. The standard InChI is InChI=1S/C52H39N3/c1-51(2)40-18-13-19-41-50(40)55-48-38(28-36(30-42(48)51)53-44-20-9-5-14-32(44)24-25-33-15-6-10-21-45(33)53)39-29-37(31-43(49(39)55)52(41,3)4)54-46-22-11-7-16-34(46)26-27-35-17-8-12-23-47(35)54/h5-31H,1-4H3. The molecule has 0 N–H and O–H groups in total. The molecule has 0 amide bonds. The zero-order valence-corrected chi connectivity index (χ0v) is 31.4. The quantitative estimate of drug-likeness (QED) is 0.177. The van der Waals surface area contributed by atoms with Crippen LogP contribution in [0.5, 0.6) is 0 Å². The lowest BCUT2D eigenvalue weighted by molar-refractivity contribution is 0.593. The summed E-state index contributed by atoms with van der Waals surface area (Å²) < 4.78 is 2.64. The van der Waals surface area contributed by atoms with Gasteiger partial charge in [-0.15, -0.1) is 0 Å². The Hall–Kier alpha value is -6.58. The molecule has 1 aromatic heterocycles. The fraction of sp³-hybridized carbons (Fsp3) is 0.115. The van der Waals surface area contributed by atoms with Crippen LogP contribution in [0.4, 0.5) is 34.1 Å². The van der Waals surface area contributed by atoms with Crippen molar-refractivity contribution in [3.8, 4) is 5.69 Å². The monoisotopic (exact) mass is 705 g/mol. The number of rotatable bonds is 2. The van der Waals surface area contributed by atoms with Crippen LogP contribution in [0, 0.1) is 0 Å². The van der Waals surface area contributed by atoms with Gasteiger partial charge in [0.05, 0.1) is 39.5 Å². The Kier molecular flexibility index (Phi) is 5.91. The smallest absolute Gasteiger partial charge is 0.0583 e. The van der Waals surface area contributed by atoms with Crippen molar-refractivity contribution in [3.05, 3.63) is 184 Å². The van der Waals surface area contributed by atoms with E-state index >= 15 is 0 Å². The highest BCUT2D eigenvalue weighted by molar-refractivity contribution is 6.17. The van der Waals surface area contributed by atoms with Crippen molar-refractivity contribution in [1.29, 1.82) is 0 Å². The third-order valence-corrected chi connectivity index (χ3v) is 13.0. The van der Waals surface area contributed by atoms with E-state index in [-0.39, 0.29) is 10.8 Å². The van der Waals surface area contributed by atoms with E-state index in [2.05, 4.69) is 206 Å². The second-order valence-corrected chi connectivity index (χ2v) is 16.6. The van der Waals surface area contributed by atoms with E-state index in [0.29, 0.717) is 0 Å². The highest BCUT2D eigenvalue weighted by atomic mass is 15.2. The van der Waals surface area contributed by atoms with Gasteiger partial charge in [-0.25, -0.2) is 0 Å². The van der Waals surface area contributed by atoms with Gasteiger partial charge in [0.1, 0.15) is 0 Å². The molecule has 5 heterocycles. The van der Waals surface area contributed by atoms with Gasteiger partial charge in [0.25, 0.3) is 0 Å². The predicted molar refractivity (Wildman–Crippen MR) is 232 cm³/mol. The first-order valence-electron chi connectivity index (χ1n) is 19.4. The Bertz CT molecular complexity index is 2760. The SMILES string of the molecule is CC1(C)c2cccc3c2-n2c4c1cc(N1c5ccccc5C=Cc5ccccc51)cc4c1cc(N4c5ccccc5C=Cc5ccccc54)cc(c12)C3(C)C. The average molecular weight is 706 g/mol. The van der Waals surface area contributed by atoms with Crippen LogP contribution < -0.4 is 9.80 Å². The van der Waals surface area contributed by atoms with E-state index in [9.17, 15) is 0 Å². The van der Waals surface area contributed by atoms with E-state index < -0.39 is 0 Å². The molecule has 8 aromatic rings. The molecule has 0 unspecified atom stereocenters. The lowest BCUT2D eigenvalue weighted by Gasteiger charge is -2.42. The van der Waals surface area contributed by atoms with E-state index in [1.165, 1.54) is 106 Å². The highest BCUT2D eigenvalue weighted by Crippen LogP contribution is 2.58. The summed E-state index contributed by atoms with van der Waals surface area (Å²) in [5, 5.41) is 2.58. The normalized spacial score (nSPS) is 16.1. The zero-order valence-electron chi connectivity index (χ0n) is 31.4. The first-order valence-corrected chi connectivity index (χ1v) is 19.4. The molecule has 4 aliphatic rings. The maximum absolute atomic E-state index is 2.64. The highest BCUT2D eigenvalue weighted by Gasteiger charge is 2.44. The Labute approximate surface area is 321 Å². The molecule has 7 aromatic carbocycles. The number of benzene rings is 7. The molecule has 262 valence electrons. The number of anilines is 6. The number of aromatic nitrogens is 1. The molecule has 0 aliphatic carbocycles. The minimum atomic E-state index is -0.238. The maximum atomic E-state index is 2.64. The summed E-state index contributed by atoms with van der Waals surface area (Å²) in [7, 11) is 0. The third kappa shape index (κ3) is 3.95. The minimum Gasteiger partial charge on any atom is -0.309 e. The van der Waals surface area contributed by atoms with Crippen molar-refractivity contribution in [1.82, 2.24) is 4.57 Å². The van der Waals surface area contributed by atoms with Crippen LogP contribution >= 0.6 is 0 Å². The van der Waals surface area contributed by atoms with Crippen LogP contribution in [0.2, 0.25) is 0 Å². The first-order chi connectivity index (χ1) is 26.8. The third-order valence-electron chi connectivity index (χ3n) is 13.0. The summed E-state index contributed by atoms with van der Waals surface area (Å²) in [4.78, 5) is 4.99. The number of hydrogen-bond acceptors (Lipinski definition) is 2. The van der Waals surface area contributed by atoms with Crippen molar-refractivity contribution in [2.45, 2.75) is 38.5 Å². The molecule has 12 rings (SSSR count). The molecule has 0 radical (unpaired) electrons. The van der Waals surface area contributed by atoms with Crippen LogP contribution in [0.25, 0.3) is 51.8 Å². The summed E-state index contributed by atoms with van der Waals surface area (Å²) in [5.74, 6) is 0. The Balaban J connectivity index is 1.24. The summed E-state index contributed by atoms with van der Waals surface area (Å²) in [6, 6.07) is 52.2. The lowest BCUT2D eigenvalue weighted by atomic mass is 9.68. The van der Waals surface area contributed by atoms with Crippen LogP contribution in [-0.2, 0) is 10.8 Å². The predicted octanol–water partition coefficient (Wildman–Crippen LogP) is 14.0. The molecule has 0 saturated carbocycles. The van der Waals surface area contributed by atoms with Gasteiger partial charge < -0.3 is 14.4 Å². The molecular formula is C52H39N3. The summed E-state index contributed by atoms with van der Waals surface area (Å²) in [5.41, 5.74) is 21.0. The maximum Gasteiger partial charge on any atom is 0.0583 e. The number of para-hydroxylation sites is 5. The van der Waals surface area contributed by atoms with Crippen LogP contribution in [0.3, 0.4) is 0 Å². The van der Waals surface area contributed by atoms with E-state index in [4.69, 9.17) is 0 Å². The summed E-state index contributed by atoms with van der Waals surface area (Å²) in [6.07, 6.45) is 9.05. The van der Waals surface area contributed by atoms with E-state index in [1.54, 1.807) is 0 Å². The van der Waals surface area contributed by atoms with Crippen LogP contribution in [-0.4, -0.2) is 4.57 Å². The molecule has 0 atom stereocenters. The van der Waals surface area contributed by atoms with E-state index in [1.807, 2.05) is 0 Å². The van der Waals surface area contributed by atoms with Gasteiger partial charge in [0.2, 0.25) is 0 Å². The van der Waals surface area contributed by atoms with Gasteiger partial charge in [0, 0.05) is 33.0 Å². The molecule has 0 bridgehead atoms. The number of nitrogens with zero attached hydrogens (tertiary/aromatic N) is 3. The lowest BCUT2D eigenvalue weighted by Crippen LogP contribution is -2.33.